The van der Waals surface area contributed by atoms with Crippen LogP contribution < -0.4 is 17.1 Å². The molecule has 1 unspecified atom stereocenters. The molecule has 5 N–H and O–H groups in total. The molecule has 0 aliphatic carbocycles. The van der Waals surface area contributed by atoms with Crippen molar-refractivity contribution in [2.45, 2.75) is 32.5 Å². The normalized spacial score (nSPS) is 19.7. The van der Waals surface area contributed by atoms with Gasteiger partial charge in [0.15, 0.2) is 6.29 Å². The molecule has 8 nitrogen and oxygen atoms in total. The van der Waals surface area contributed by atoms with Gasteiger partial charge in [0.25, 0.3) is 5.56 Å². The van der Waals surface area contributed by atoms with Gasteiger partial charge in [0.05, 0.1) is 18.0 Å². The summed E-state index contributed by atoms with van der Waals surface area (Å²) in [6.45, 7) is 2.54. The highest BCUT2D eigenvalue weighted by Gasteiger charge is 2.17. The Bertz CT molecular complexity index is 590. The lowest BCUT2D eigenvalue weighted by Crippen LogP contribution is -2.33. The number of hydrogen-bond acceptors (Lipinski definition) is 7. The number of aromatic amines is 1. The molecule has 1 aliphatic heterocycles. The minimum Gasteiger partial charge on any atom is -0.395 e. The van der Waals surface area contributed by atoms with Gasteiger partial charge in [0.1, 0.15) is 11.4 Å². The lowest BCUT2D eigenvalue weighted by atomic mass is 10.2. The van der Waals surface area contributed by atoms with Crippen LogP contribution in [0.2, 0.25) is 0 Å². The zero-order valence-corrected chi connectivity index (χ0v) is 13.0. The third-order valence-electron chi connectivity index (χ3n) is 3.51. The molecule has 122 valence electrons. The molecule has 1 aromatic heterocycles. The van der Waals surface area contributed by atoms with E-state index in [1.54, 1.807) is 14.0 Å². The summed E-state index contributed by atoms with van der Waals surface area (Å²) in [5.74, 6) is 5.83. The molecule has 0 amide bonds. The number of nitrogens with two attached hydrogens (primary N) is 2. The van der Waals surface area contributed by atoms with Crippen LogP contribution in [0.1, 0.15) is 30.7 Å². The number of hydrogen-bond donors (Lipinski definition) is 3. The van der Waals surface area contributed by atoms with Gasteiger partial charge < -0.3 is 25.2 Å². The van der Waals surface area contributed by atoms with Crippen molar-refractivity contribution >= 4 is 5.70 Å². The fourth-order valence-corrected chi connectivity index (χ4v) is 2.17. The molecule has 2 heterocycles. The van der Waals surface area contributed by atoms with Crippen LogP contribution in [0.3, 0.4) is 0 Å². The van der Waals surface area contributed by atoms with Crippen LogP contribution in [0, 0.1) is 6.92 Å². The van der Waals surface area contributed by atoms with Crippen LogP contribution in [0.15, 0.2) is 16.7 Å². The van der Waals surface area contributed by atoms with Crippen molar-refractivity contribution in [2.24, 2.45) is 11.6 Å². The Hall–Kier alpha value is -1.90. The van der Waals surface area contributed by atoms with E-state index < -0.39 is 0 Å². The largest absolute Gasteiger partial charge is 0.395 e. The molecule has 0 bridgehead atoms. The monoisotopic (exact) mass is 309 g/mol. The van der Waals surface area contributed by atoms with Crippen LogP contribution in [0.5, 0.6) is 0 Å². The first-order valence-corrected chi connectivity index (χ1v) is 7.26. The lowest BCUT2D eigenvalue weighted by molar-refractivity contribution is -0.158. The molecule has 2 rings (SSSR count). The Morgan fingerprint density at radius 1 is 1.59 bits per heavy atom. The van der Waals surface area contributed by atoms with Crippen molar-refractivity contribution in [2.75, 3.05) is 20.3 Å². The van der Waals surface area contributed by atoms with Crippen molar-refractivity contribution in [1.29, 1.82) is 0 Å². The van der Waals surface area contributed by atoms with Gasteiger partial charge in [-0.2, -0.15) is 0 Å². The van der Waals surface area contributed by atoms with E-state index in [0.717, 1.165) is 19.3 Å². The van der Waals surface area contributed by atoms with Crippen molar-refractivity contribution in [3.8, 4) is 0 Å². The molecule has 0 radical (unpaired) electrons. The highest BCUT2D eigenvalue weighted by Crippen LogP contribution is 2.17. The first-order valence-electron chi connectivity index (χ1n) is 7.26. The van der Waals surface area contributed by atoms with Gasteiger partial charge in [-0.15, -0.1) is 0 Å². The van der Waals surface area contributed by atoms with E-state index in [1.165, 1.54) is 11.2 Å². The summed E-state index contributed by atoms with van der Waals surface area (Å²) < 4.78 is 11.2. The molecule has 22 heavy (non-hydrogen) atoms. The predicted octanol–water partition coefficient (Wildman–Crippen LogP) is 0.0543. The molecule has 0 aromatic carbocycles. The molecule has 8 heteroatoms. The number of ether oxygens (including phenoxy) is 2. The minimum atomic E-state index is -0.244. The summed E-state index contributed by atoms with van der Waals surface area (Å²) in [5.41, 5.74) is 7.62. The van der Waals surface area contributed by atoms with Gasteiger partial charge in [0, 0.05) is 19.9 Å². The molecule has 0 saturated carbocycles. The maximum Gasteiger partial charge on any atom is 0.269 e. The van der Waals surface area contributed by atoms with Crippen LogP contribution in [-0.4, -0.2) is 41.5 Å². The number of hydrazine groups is 1. The first-order chi connectivity index (χ1) is 10.5. The van der Waals surface area contributed by atoms with Crippen LogP contribution in [0.4, 0.5) is 0 Å². The van der Waals surface area contributed by atoms with Crippen molar-refractivity contribution in [1.82, 2.24) is 15.0 Å². The zero-order chi connectivity index (χ0) is 16.1. The van der Waals surface area contributed by atoms with Gasteiger partial charge in [-0.05, 0) is 26.2 Å². The average Bonchev–Trinajstić information content (AvgIpc) is 2.50. The fraction of sp³-hybridized carbons (Fsp3) is 0.571. The van der Waals surface area contributed by atoms with E-state index in [-0.39, 0.29) is 18.5 Å². The second-order valence-electron chi connectivity index (χ2n) is 5.28. The van der Waals surface area contributed by atoms with Crippen LogP contribution in [0.25, 0.3) is 5.70 Å². The second-order valence-corrected chi connectivity index (χ2v) is 5.28. The number of nitrogens with zero attached hydrogens (tertiary/aromatic N) is 2. The number of nitrogens with one attached hydrogen (secondary N) is 1. The van der Waals surface area contributed by atoms with E-state index >= 15 is 0 Å². The second kappa shape index (κ2) is 7.39. The quantitative estimate of drug-likeness (QED) is 0.519. The number of H-pyrrole nitrogens is 1. The Balaban J connectivity index is 2.16. The molecular formula is C14H23N5O3. The Morgan fingerprint density at radius 2 is 2.36 bits per heavy atom. The van der Waals surface area contributed by atoms with Gasteiger partial charge in [-0.3, -0.25) is 4.79 Å². The van der Waals surface area contributed by atoms with Gasteiger partial charge >= 0.3 is 0 Å². The highest BCUT2D eigenvalue weighted by molar-refractivity contribution is 5.62. The Kier molecular flexibility index (Phi) is 5.53. The van der Waals surface area contributed by atoms with Gasteiger partial charge in [0.2, 0.25) is 0 Å². The number of aromatic nitrogens is 2. The summed E-state index contributed by atoms with van der Waals surface area (Å²) in [7, 11) is 1.67. The van der Waals surface area contributed by atoms with Gasteiger partial charge in [-0.1, -0.05) is 0 Å². The fourth-order valence-electron chi connectivity index (χ4n) is 2.17. The van der Waals surface area contributed by atoms with Crippen molar-refractivity contribution < 1.29 is 9.47 Å². The molecule has 1 aromatic rings. The van der Waals surface area contributed by atoms with E-state index in [4.69, 9.17) is 21.1 Å². The summed E-state index contributed by atoms with van der Waals surface area (Å²) in [4.78, 5) is 18.1. The maximum absolute atomic E-state index is 11.4. The SMILES string of the molecule is Cc1nc(/C(N)=C(\COC2CCCCO2)N(C)N)c[nH]c1=O. The molecular weight excluding hydrogens is 286 g/mol. The summed E-state index contributed by atoms with van der Waals surface area (Å²) in [6.07, 6.45) is 4.23. The lowest BCUT2D eigenvalue weighted by Gasteiger charge is -2.25. The van der Waals surface area contributed by atoms with Crippen molar-refractivity contribution in [3.05, 3.63) is 33.6 Å². The van der Waals surface area contributed by atoms with E-state index in [2.05, 4.69) is 9.97 Å². The third-order valence-corrected chi connectivity index (χ3v) is 3.51. The maximum atomic E-state index is 11.4. The molecule has 1 saturated heterocycles. The molecule has 0 spiro atoms. The number of likely N-dealkylation sites (N-methyl/N-ethyl adjacent to an activating group) is 1. The minimum absolute atomic E-state index is 0.212. The number of aryl methyl sites for hydroxylation is 1. The Morgan fingerprint density at radius 3 is 2.95 bits per heavy atom. The van der Waals surface area contributed by atoms with Crippen molar-refractivity contribution in [3.63, 3.8) is 0 Å². The van der Waals surface area contributed by atoms with E-state index in [0.29, 0.717) is 29.4 Å². The summed E-state index contributed by atoms with van der Waals surface area (Å²) in [6, 6.07) is 0. The molecule has 1 atom stereocenters. The first kappa shape index (κ1) is 16.5. The smallest absolute Gasteiger partial charge is 0.269 e. The standard InChI is InChI=1S/C14H23N5O3/c1-9-14(20)17-7-10(18-9)13(15)11(19(2)16)8-22-12-5-3-4-6-21-12/h7,12H,3-6,8,15-16H2,1-2H3,(H,17,20)/b13-11-. The Labute approximate surface area is 129 Å². The van der Waals surface area contributed by atoms with E-state index in [1.807, 2.05) is 0 Å². The van der Waals surface area contributed by atoms with E-state index in [9.17, 15) is 4.79 Å². The third kappa shape index (κ3) is 4.06. The topological polar surface area (TPSA) is 119 Å². The van der Waals surface area contributed by atoms with Gasteiger partial charge in [-0.25, -0.2) is 10.8 Å². The van der Waals surface area contributed by atoms with Crippen LogP contribution in [-0.2, 0) is 9.47 Å². The zero-order valence-electron chi connectivity index (χ0n) is 13.0. The number of rotatable bonds is 5. The molecule has 1 aliphatic rings. The average molecular weight is 309 g/mol. The molecule has 1 fully saturated rings. The van der Waals surface area contributed by atoms with Crippen LogP contribution >= 0.6 is 0 Å². The highest BCUT2D eigenvalue weighted by atomic mass is 16.7. The summed E-state index contributed by atoms with van der Waals surface area (Å²) in [5, 5.41) is 1.39. The predicted molar refractivity (Wildman–Crippen MR) is 82.2 cm³/mol. The summed E-state index contributed by atoms with van der Waals surface area (Å²) >= 11 is 0.